The summed E-state index contributed by atoms with van der Waals surface area (Å²) >= 11 is 0. The summed E-state index contributed by atoms with van der Waals surface area (Å²) in [7, 11) is 0. The number of anilines is 2. The van der Waals surface area contributed by atoms with E-state index in [4.69, 9.17) is 0 Å². The number of nitrogens with one attached hydrogen (secondary N) is 1. The van der Waals surface area contributed by atoms with Crippen LogP contribution >= 0.6 is 0 Å². The van der Waals surface area contributed by atoms with Gasteiger partial charge in [-0.05, 0) is 30.7 Å². The van der Waals surface area contributed by atoms with Gasteiger partial charge in [0.1, 0.15) is 23.3 Å². The molecule has 0 saturated carbocycles. The molecule has 0 unspecified atom stereocenters. The molecule has 0 aliphatic carbocycles. The van der Waals surface area contributed by atoms with Gasteiger partial charge in [0, 0.05) is 67.7 Å². The van der Waals surface area contributed by atoms with Crippen molar-refractivity contribution in [3.63, 3.8) is 0 Å². The van der Waals surface area contributed by atoms with Crippen LogP contribution in [0.2, 0.25) is 0 Å². The van der Waals surface area contributed by atoms with Crippen LogP contribution in [0.15, 0.2) is 67.6 Å². The maximum Gasteiger partial charge on any atom is 0.225 e. The molecule has 4 aromatic heterocycles. The molecule has 6 rings (SSSR count). The lowest BCUT2D eigenvalue weighted by atomic mass is 9.90. The van der Waals surface area contributed by atoms with Crippen molar-refractivity contribution < 1.29 is 9.50 Å². The molecule has 11 heteroatoms. The summed E-state index contributed by atoms with van der Waals surface area (Å²) in [5, 5.41) is 22.3. The van der Waals surface area contributed by atoms with E-state index in [1.54, 1.807) is 44.0 Å². The summed E-state index contributed by atoms with van der Waals surface area (Å²) in [6.45, 7) is 4.59. The van der Waals surface area contributed by atoms with E-state index in [0.717, 1.165) is 48.6 Å². The average molecular weight is 486 g/mol. The van der Waals surface area contributed by atoms with Crippen molar-refractivity contribution in [3.05, 3.63) is 84.6 Å². The molecular formula is C25H24FN9O. The van der Waals surface area contributed by atoms with Gasteiger partial charge in [0.15, 0.2) is 5.82 Å². The van der Waals surface area contributed by atoms with Crippen LogP contribution in [0.4, 0.5) is 16.2 Å². The zero-order valence-electron chi connectivity index (χ0n) is 19.6. The first-order valence-electron chi connectivity index (χ1n) is 11.6. The zero-order chi connectivity index (χ0) is 24.7. The first-order valence-corrected chi connectivity index (χ1v) is 11.6. The van der Waals surface area contributed by atoms with E-state index in [2.05, 4.69) is 46.1 Å². The minimum atomic E-state index is -1.32. The highest BCUT2D eigenvalue weighted by molar-refractivity contribution is 5.77. The Morgan fingerprint density at radius 2 is 1.64 bits per heavy atom. The molecule has 5 heterocycles. The summed E-state index contributed by atoms with van der Waals surface area (Å²) in [4.78, 5) is 17.9. The molecular weight excluding hydrogens is 461 g/mol. The third kappa shape index (κ3) is 3.93. The molecule has 5 aromatic rings. The Balaban J connectivity index is 1.17. The molecule has 0 bridgehead atoms. The first kappa shape index (κ1) is 22.1. The number of benzene rings is 1. The smallest absolute Gasteiger partial charge is 0.225 e. The minimum absolute atomic E-state index is 0.349. The van der Waals surface area contributed by atoms with Gasteiger partial charge in [-0.25, -0.2) is 23.9 Å². The second-order valence-corrected chi connectivity index (χ2v) is 8.95. The highest BCUT2D eigenvalue weighted by Gasteiger charge is 2.28. The standard InChI is InChI=1S/C25H24FN9O/c1-25(36,19-2-4-21(26)5-3-19)20-13-27-24(28-14-20)34-8-6-33(7-9-34)23-22-10-17(18-11-30-31-12-18)15-35(22)32-16-29-23/h2-5,10-16,36H,6-9H2,1H3,(H,30,31)/t25-/m0/s1. The molecule has 1 fully saturated rings. The molecule has 1 saturated heterocycles. The van der Waals surface area contributed by atoms with Gasteiger partial charge in [-0.15, -0.1) is 0 Å². The van der Waals surface area contributed by atoms with Gasteiger partial charge in [-0.2, -0.15) is 10.2 Å². The quantitative estimate of drug-likeness (QED) is 0.391. The topological polar surface area (TPSA) is 111 Å². The lowest BCUT2D eigenvalue weighted by Crippen LogP contribution is -2.47. The summed E-state index contributed by atoms with van der Waals surface area (Å²) in [5.74, 6) is 1.13. The number of aliphatic hydroxyl groups is 1. The van der Waals surface area contributed by atoms with E-state index in [1.165, 1.54) is 12.1 Å². The van der Waals surface area contributed by atoms with Gasteiger partial charge in [-0.3, -0.25) is 5.10 Å². The summed E-state index contributed by atoms with van der Waals surface area (Å²) in [6, 6.07) is 7.86. The van der Waals surface area contributed by atoms with Crippen molar-refractivity contribution in [2.45, 2.75) is 12.5 Å². The molecule has 1 aliphatic heterocycles. The normalized spacial score (nSPS) is 15.9. The van der Waals surface area contributed by atoms with Crippen molar-refractivity contribution in [1.82, 2.24) is 34.8 Å². The van der Waals surface area contributed by atoms with Crippen LogP contribution in [0.3, 0.4) is 0 Å². The average Bonchev–Trinajstić information content (AvgIpc) is 3.59. The van der Waals surface area contributed by atoms with Gasteiger partial charge in [0.05, 0.1) is 6.20 Å². The molecule has 0 radical (unpaired) electrons. The van der Waals surface area contributed by atoms with Crippen LogP contribution in [0.5, 0.6) is 0 Å². The summed E-state index contributed by atoms with van der Waals surface area (Å²) in [6.07, 6.45) is 10.4. The molecule has 1 atom stereocenters. The summed E-state index contributed by atoms with van der Waals surface area (Å²) in [5.41, 5.74) is 2.75. The highest BCUT2D eigenvalue weighted by atomic mass is 19.1. The number of piperazine rings is 1. The Kier molecular flexibility index (Phi) is 5.33. The number of aromatic nitrogens is 7. The second-order valence-electron chi connectivity index (χ2n) is 8.95. The Labute approximate surface area is 206 Å². The van der Waals surface area contributed by atoms with E-state index >= 15 is 0 Å². The number of halogens is 1. The Bertz CT molecular complexity index is 1470. The minimum Gasteiger partial charge on any atom is -0.381 e. The lowest BCUT2D eigenvalue weighted by molar-refractivity contribution is 0.101. The summed E-state index contributed by atoms with van der Waals surface area (Å²) < 4.78 is 15.1. The van der Waals surface area contributed by atoms with E-state index in [9.17, 15) is 9.50 Å². The zero-order valence-corrected chi connectivity index (χ0v) is 19.6. The molecule has 1 aliphatic rings. The molecule has 0 amide bonds. The molecule has 2 N–H and O–H groups in total. The number of rotatable bonds is 5. The van der Waals surface area contributed by atoms with Gasteiger partial charge in [-0.1, -0.05) is 12.1 Å². The fourth-order valence-corrected chi connectivity index (χ4v) is 4.52. The van der Waals surface area contributed by atoms with Crippen LogP contribution in [0.25, 0.3) is 16.6 Å². The van der Waals surface area contributed by atoms with Gasteiger partial charge < -0.3 is 14.9 Å². The van der Waals surface area contributed by atoms with E-state index in [1.807, 2.05) is 16.9 Å². The number of nitrogens with zero attached hydrogens (tertiary/aromatic N) is 8. The predicted molar refractivity (Wildman–Crippen MR) is 132 cm³/mol. The maximum absolute atomic E-state index is 13.3. The Morgan fingerprint density at radius 1 is 0.917 bits per heavy atom. The van der Waals surface area contributed by atoms with Gasteiger partial charge >= 0.3 is 0 Å². The monoisotopic (exact) mass is 485 g/mol. The van der Waals surface area contributed by atoms with Crippen LogP contribution in [0.1, 0.15) is 18.1 Å². The van der Waals surface area contributed by atoms with E-state index < -0.39 is 5.60 Å². The predicted octanol–water partition coefficient (Wildman–Crippen LogP) is 2.63. The fraction of sp³-hybridized carbons (Fsp3) is 0.240. The maximum atomic E-state index is 13.3. The van der Waals surface area contributed by atoms with Crippen molar-refractivity contribution in [1.29, 1.82) is 0 Å². The van der Waals surface area contributed by atoms with E-state index in [0.29, 0.717) is 17.1 Å². The number of hydrogen-bond acceptors (Lipinski definition) is 8. The SMILES string of the molecule is C[C@](O)(c1ccc(F)cc1)c1cnc(N2CCN(c3ncnn4cc(-c5cn[nH]c5)cc34)CC2)nc1. The van der Waals surface area contributed by atoms with Gasteiger partial charge in [0.25, 0.3) is 0 Å². The molecule has 36 heavy (non-hydrogen) atoms. The molecule has 10 nitrogen and oxygen atoms in total. The Morgan fingerprint density at radius 3 is 2.33 bits per heavy atom. The van der Waals surface area contributed by atoms with Gasteiger partial charge in [0.2, 0.25) is 5.95 Å². The molecule has 0 spiro atoms. The van der Waals surface area contributed by atoms with Crippen molar-refractivity contribution in [3.8, 4) is 11.1 Å². The number of H-pyrrole nitrogens is 1. The van der Waals surface area contributed by atoms with Crippen LogP contribution < -0.4 is 9.80 Å². The largest absolute Gasteiger partial charge is 0.381 e. The van der Waals surface area contributed by atoms with E-state index in [-0.39, 0.29) is 5.82 Å². The number of aromatic amines is 1. The third-order valence-corrected chi connectivity index (χ3v) is 6.69. The van der Waals surface area contributed by atoms with Crippen LogP contribution in [0, 0.1) is 5.82 Å². The molecule has 1 aromatic carbocycles. The van der Waals surface area contributed by atoms with Crippen LogP contribution in [-0.4, -0.2) is 66.0 Å². The van der Waals surface area contributed by atoms with Crippen molar-refractivity contribution >= 4 is 17.3 Å². The fourth-order valence-electron chi connectivity index (χ4n) is 4.52. The van der Waals surface area contributed by atoms with Crippen molar-refractivity contribution in [2.75, 3.05) is 36.0 Å². The molecule has 182 valence electrons. The second kappa shape index (κ2) is 8.68. The highest BCUT2D eigenvalue weighted by Crippen LogP contribution is 2.30. The number of fused-ring (bicyclic) bond motifs is 1. The third-order valence-electron chi connectivity index (χ3n) is 6.69. The Hall–Kier alpha value is -4.38. The number of hydrogen-bond donors (Lipinski definition) is 2. The lowest BCUT2D eigenvalue weighted by Gasteiger charge is -2.35. The first-order chi connectivity index (χ1) is 17.5. The van der Waals surface area contributed by atoms with Crippen molar-refractivity contribution in [2.24, 2.45) is 0 Å². The van der Waals surface area contributed by atoms with Crippen LogP contribution in [-0.2, 0) is 5.60 Å².